The van der Waals surface area contributed by atoms with Crippen molar-refractivity contribution < 1.29 is 17.8 Å². The highest BCUT2D eigenvalue weighted by Crippen LogP contribution is 2.47. The summed E-state index contributed by atoms with van der Waals surface area (Å²) in [7, 11) is -9.06. The standard InChI is InChI=1S/C41H69O4PSi3/c1-39(2,3)47(10,11)43-29-22-27-36-37(44-48(12,13)40(4,5)6)31-33(32-38(36)45-49(14,15)41(7,8)9)28-30-46(42,34-23-18-16-19-24-34)35-25-20-17-21-26-35/h16-21,23-28,37-38H,22,29-32H2,1-15H3/t37-,38+. The van der Waals surface area contributed by atoms with Crippen molar-refractivity contribution in [3.8, 4) is 0 Å². The van der Waals surface area contributed by atoms with Gasteiger partial charge in [-0.25, -0.2) is 0 Å². The molecule has 0 spiro atoms. The zero-order valence-corrected chi connectivity index (χ0v) is 37.6. The first-order valence-electron chi connectivity index (χ1n) is 18.4. The van der Waals surface area contributed by atoms with Gasteiger partial charge in [0.2, 0.25) is 0 Å². The second kappa shape index (κ2) is 15.7. The highest BCUT2D eigenvalue weighted by Gasteiger charge is 2.46. The molecule has 0 radical (unpaired) electrons. The van der Waals surface area contributed by atoms with Crippen LogP contribution in [0, 0.1) is 0 Å². The van der Waals surface area contributed by atoms with E-state index in [9.17, 15) is 0 Å². The average molecular weight is 741 g/mol. The number of rotatable bonds is 12. The Morgan fingerprint density at radius 2 is 1.02 bits per heavy atom. The summed E-state index contributed by atoms with van der Waals surface area (Å²) in [4.78, 5) is 0. The van der Waals surface area contributed by atoms with E-state index in [0.29, 0.717) is 12.8 Å². The predicted octanol–water partition coefficient (Wildman–Crippen LogP) is 11.8. The van der Waals surface area contributed by atoms with Crippen LogP contribution in [0.1, 0.15) is 81.6 Å². The van der Waals surface area contributed by atoms with Gasteiger partial charge in [0.1, 0.15) is 7.14 Å². The zero-order valence-electron chi connectivity index (χ0n) is 33.7. The maximum absolute atomic E-state index is 15.0. The van der Waals surface area contributed by atoms with E-state index in [1.165, 1.54) is 11.1 Å². The molecule has 0 heterocycles. The van der Waals surface area contributed by atoms with Gasteiger partial charge in [-0.1, -0.05) is 141 Å². The molecular weight excluding hydrogens is 672 g/mol. The van der Waals surface area contributed by atoms with Crippen LogP contribution < -0.4 is 10.6 Å². The fraction of sp³-hybridized carbons (Fsp3) is 0.610. The van der Waals surface area contributed by atoms with Crippen LogP contribution in [0.4, 0.5) is 0 Å². The van der Waals surface area contributed by atoms with E-state index < -0.39 is 32.1 Å². The van der Waals surface area contributed by atoms with Crippen LogP contribution >= 0.6 is 7.14 Å². The van der Waals surface area contributed by atoms with E-state index in [2.05, 4.69) is 114 Å². The Morgan fingerprint density at radius 1 is 0.633 bits per heavy atom. The van der Waals surface area contributed by atoms with Crippen LogP contribution in [-0.4, -0.2) is 49.9 Å². The number of hydrogen-bond acceptors (Lipinski definition) is 4. The van der Waals surface area contributed by atoms with Crippen molar-refractivity contribution in [1.82, 2.24) is 0 Å². The summed E-state index contributed by atoms with van der Waals surface area (Å²) in [5.74, 6) is 0. The first-order valence-corrected chi connectivity index (χ1v) is 29.0. The maximum Gasteiger partial charge on any atom is 0.192 e. The molecule has 0 bridgehead atoms. The van der Waals surface area contributed by atoms with Gasteiger partial charge in [-0.2, -0.15) is 0 Å². The van der Waals surface area contributed by atoms with Crippen LogP contribution in [0.3, 0.4) is 0 Å². The Bertz CT molecular complexity index is 1390. The molecule has 49 heavy (non-hydrogen) atoms. The molecular formula is C41H69O4PSi3. The molecule has 2 aromatic rings. The average Bonchev–Trinajstić information content (AvgIpc) is 2.98. The van der Waals surface area contributed by atoms with Crippen LogP contribution in [0.2, 0.25) is 54.4 Å². The molecule has 0 N–H and O–H groups in total. The van der Waals surface area contributed by atoms with Crippen molar-refractivity contribution in [3.05, 3.63) is 84.0 Å². The van der Waals surface area contributed by atoms with Gasteiger partial charge >= 0.3 is 0 Å². The van der Waals surface area contributed by atoms with Crippen molar-refractivity contribution in [2.45, 2.75) is 148 Å². The summed E-state index contributed by atoms with van der Waals surface area (Å²) in [6, 6.07) is 20.1. The molecule has 0 saturated heterocycles. The van der Waals surface area contributed by atoms with Crippen molar-refractivity contribution in [1.29, 1.82) is 0 Å². The predicted molar refractivity (Wildman–Crippen MR) is 222 cm³/mol. The second-order valence-corrected chi connectivity index (χ2v) is 35.9. The third-order valence-electron chi connectivity index (χ3n) is 11.9. The van der Waals surface area contributed by atoms with E-state index in [1.54, 1.807) is 0 Å². The van der Waals surface area contributed by atoms with E-state index >= 15 is 4.57 Å². The van der Waals surface area contributed by atoms with E-state index in [1.807, 2.05) is 60.7 Å². The number of allylic oxidation sites excluding steroid dienone is 1. The lowest BCUT2D eigenvalue weighted by molar-refractivity contribution is 0.130. The summed E-state index contributed by atoms with van der Waals surface area (Å²) in [6.45, 7) is 35.6. The Morgan fingerprint density at radius 3 is 1.39 bits per heavy atom. The van der Waals surface area contributed by atoms with Crippen molar-refractivity contribution in [2.24, 2.45) is 0 Å². The summed E-state index contributed by atoms with van der Waals surface area (Å²) >= 11 is 0. The van der Waals surface area contributed by atoms with Gasteiger partial charge in [-0.15, -0.1) is 0 Å². The fourth-order valence-corrected chi connectivity index (χ4v) is 11.6. The van der Waals surface area contributed by atoms with Gasteiger partial charge in [0, 0.05) is 23.4 Å². The minimum Gasteiger partial charge on any atom is -0.417 e. The molecule has 3 rings (SSSR count). The topological polar surface area (TPSA) is 44.8 Å². The molecule has 0 unspecified atom stereocenters. The molecule has 1 saturated carbocycles. The molecule has 1 aliphatic rings. The highest BCUT2D eigenvalue weighted by atomic mass is 31.2. The first-order chi connectivity index (χ1) is 22.3. The molecule has 8 heteroatoms. The van der Waals surface area contributed by atoms with Gasteiger partial charge in [0.05, 0.1) is 12.2 Å². The van der Waals surface area contributed by atoms with Crippen LogP contribution in [0.25, 0.3) is 0 Å². The molecule has 0 aliphatic heterocycles. The zero-order chi connectivity index (χ0) is 37.1. The lowest BCUT2D eigenvalue weighted by Crippen LogP contribution is -2.50. The summed E-state index contributed by atoms with van der Waals surface area (Å²) in [6.07, 6.45) is 7.42. The summed E-state index contributed by atoms with van der Waals surface area (Å²) in [5.41, 5.74) is 2.56. The molecule has 274 valence electrons. The molecule has 1 aliphatic carbocycles. The monoisotopic (exact) mass is 740 g/mol. The molecule has 2 aromatic carbocycles. The Balaban J connectivity index is 2.10. The SMILES string of the molecule is CC(C)(C)[Si](C)(C)OCCC=C1[C@@H](O[Si](C)(C)C(C)(C)C)CC(=CCP(=O)(c2ccccc2)c2ccccc2)C[C@H]1O[Si](C)(C)C(C)(C)C. The maximum atomic E-state index is 15.0. The third kappa shape index (κ3) is 10.6. The fourth-order valence-electron chi connectivity index (χ4n) is 5.43. The lowest BCUT2D eigenvalue weighted by atomic mass is 9.85. The van der Waals surface area contributed by atoms with Gasteiger partial charge in [-0.05, 0) is 79.2 Å². The van der Waals surface area contributed by atoms with Gasteiger partial charge in [0.25, 0.3) is 0 Å². The van der Waals surface area contributed by atoms with Crippen LogP contribution in [0.5, 0.6) is 0 Å². The second-order valence-electron chi connectivity index (χ2n) is 18.7. The Hall–Kier alpha value is -1.32. The van der Waals surface area contributed by atoms with E-state index in [0.717, 1.165) is 29.9 Å². The summed E-state index contributed by atoms with van der Waals surface area (Å²) in [5, 5.41) is 2.11. The lowest BCUT2D eigenvalue weighted by Gasteiger charge is -2.46. The summed E-state index contributed by atoms with van der Waals surface area (Å²) < 4.78 is 36.3. The normalized spacial score (nSPS) is 20.6. The minimum atomic E-state index is -2.90. The van der Waals surface area contributed by atoms with Crippen LogP contribution in [0.15, 0.2) is 84.0 Å². The van der Waals surface area contributed by atoms with Gasteiger partial charge < -0.3 is 17.8 Å². The third-order valence-corrected chi connectivity index (χ3v) is 28.3. The molecule has 2 atom stereocenters. The first kappa shape index (κ1) is 42.1. The van der Waals surface area contributed by atoms with Gasteiger partial charge in [0.15, 0.2) is 25.0 Å². The quantitative estimate of drug-likeness (QED) is 0.0941. The van der Waals surface area contributed by atoms with E-state index in [4.69, 9.17) is 13.3 Å². The molecule has 0 amide bonds. The Kier molecular flexibility index (Phi) is 13.5. The minimum absolute atomic E-state index is 0.0665. The molecule has 0 aromatic heterocycles. The Labute approximate surface area is 304 Å². The highest BCUT2D eigenvalue weighted by molar-refractivity contribution is 7.78. The van der Waals surface area contributed by atoms with E-state index in [-0.39, 0.29) is 27.3 Å². The van der Waals surface area contributed by atoms with Crippen LogP contribution in [-0.2, 0) is 17.8 Å². The molecule has 4 nitrogen and oxygen atoms in total. The number of hydrogen-bond donors (Lipinski definition) is 0. The van der Waals surface area contributed by atoms with Crippen molar-refractivity contribution in [2.75, 3.05) is 12.8 Å². The van der Waals surface area contributed by atoms with Gasteiger partial charge in [-0.3, -0.25) is 0 Å². The number of benzene rings is 2. The molecule has 1 fully saturated rings. The van der Waals surface area contributed by atoms with Crippen molar-refractivity contribution in [3.63, 3.8) is 0 Å². The largest absolute Gasteiger partial charge is 0.417 e. The smallest absolute Gasteiger partial charge is 0.192 e. The van der Waals surface area contributed by atoms with Crippen molar-refractivity contribution >= 4 is 42.7 Å².